The molecule has 0 bridgehead atoms. The summed E-state index contributed by atoms with van der Waals surface area (Å²) in [7, 11) is -7.88. The average Bonchev–Trinajstić information content (AvgIpc) is 2.70. The van der Waals surface area contributed by atoms with Crippen LogP contribution in [-0.2, 0) is 0 Å². The van der Waals surface area contributed by atoms with Gasteiger partial charge < -0.3 is 10.3 Å². The number of benzene rings is 1. The fourth-order valence-corrected chi connectivity index (χ4v) is 3.60. The van der Waals surface area contributed by atoms with Gasteiger partial charge in [0.2, 0.25) is 0 Å². The smallest absolute Gasteiger partial charge is 0.270 e. The van der Waals surface area contributed by atoms with E-state index in [9.17, 15) is 25.1 Å². The highest BCUT2D eigenvalue weighted by Crippen LogP contribution is 2.81. The van der Waals surface area contributed by atoms with Gasteiger partial charge in [-0.25, -0.2) is 15.0 Å². The monoisotopic (exact) mass is 471 g/mol. The first kappa shape index (κ1) is 23.4. The van der Waals surface area contributed by atoms with E-state index in [0.717, 1.165) is 18.2 Å². The van der Waals surface area contributed by atoms with Gasteiger partial charge in [0.1, 0.15) is 5.69 Å². The number of carbonyl (C=O) groups is 1. The molecular formula is C20H21F4N5O2S. The molecule has 0 aliphatic carbocycles. The Labute approximate surface area is 181 Å². The van der Waals surface area contributed by atoms with Crippen molar-refractivity contribution in [1.29, 1.82) is 0 Å². The molecule has 0 aliphatic heterocycles. The van der Waals surface area contributed by atoms with Crippen LogP contribution in [0.4, 0.5) is 15.5 Å². The molecule has 2 aromatic heterocycles. The van der Waals surface area contributed by atoms with E-state index in [2.05, 4.69) is 25.3 Å². The highest BCUT2D eigenvalue weighted by atomic mass is 32.4. The maximum Gasteiger partial charge on any atom is 0.270 e. The summed E-state index contributed by atoms with van der Waals surface area (Å²) in [4.78, 5) is 38.1. The lowest BCUT2D eigenvalue weighted by atomic mass is 9.82. The van der Waals surface area contributed by atoms with E-state index in [0.29, 0.717) is 17.7 Å². The number of hydrogen-bond acceptors (Lipinski definition) is 5. The van der Waals surface area contributed by atoms with Gasteiger partial charge in [0.05, 0.1) is 10.9 Å². The second kappa shape index (κ2) is 8.01. The van der Waals surface area contributed by atoms with Crippen molar-refractivity contribution in [3.8, 4) is 11.6 Å². The van der Waals surface area contributed by atoms with Gasteiger partial charge in [-0.2, -0.15) is 0 Å². The molecule has 1 amide bonds. The molecule has 2 heterocycles. The zero-order valence-corrected chi connectivity index (χ0v) is 18.2. The second-order valence-electron chi connectivity index (χ2n) is 8.14. The number of nitrogens with zero attached hydrogens (tertiary/aromatic N) is 3. The molecule has 3 rings (SSSR count). The van der Waals surface area contributed by atoms with E-state index in [1.807, 2.05) is 0 Å². The maximum atomic E-state index is 13.0. The average molecular weight is 471 g/mol. The Morgan fingerprint density at radius 1 is 1.06 bits per heavy atom. The van der Waals surface area contributed by atoms with Crippen molar-refractivity contribution in [1.82, 2.24) is 25.3 Å². The van der Waals surface area contributed by atoms with Gasteiger partial charge in [0.25, 0.3) is 11.5 Å². The summed E-state index contributed by atoms with van der Waals surface area (Å²) in [5.74, 6) is -0.620. The quantitative estimate of drug-likeness (QED) is 0.370. The number of amides is 1. The molecule has 0 aliphatic rings. The highest BCUT2D eigenvalue weighted by Gasteiger charge is 2.39. The van der Waals surface area contributed by atoms with Crippen LogP contribution in [0.15, 0.2) is 58.5 Å². The first-order valence-corrected chi connectivity index (χ1v) is 11.2. The maximum absolute atomic E-state index is 13.0. The van der Waals surface area contributed by atoms with Crippen molar-refractivity contribution in [2.75, 3.05) is 0 Å². The van der Waals surface area contributed by atoms with Gasteiger partial charge in [-0.15, -0.1) is 15.5 Å². The summed E-state index contributed by atoms with van der Waals surface area (Å²) in [6.07, 6.45) is 2.89. The van der Waals surface area contributed by atoms with E-state index in [4.69, 9.17) is 0 Å². The molecule has 0 saturated carbocycles. The molecule has 1 atom stereocenters. The summed E-state index contributed by atoms with van der Waals surface area (Å²) < 4.78 is 52.1. The van der Waals surface area contributed by atoms with Crippen molar-refractivity contribution in [2.45, 2.75) is 31.7 Å². The highest BCUT2D eigenvalue weighted by molar-refractivity contribution is 8.33. The minimum absolute atomic E-state index is 0.0111. The summed E-state index contributed by atoms with van der Waals surface area (Å²) in [5, 5.41) is 2.70. The standard InChI is InChI=1S/C20H21F4N5O2S/c1-20(2,3)16(12-5-7-13(8-6-12)32(21,22,23)24)29-19(31)14-11-15(30)28-18(27-14)17-25-9-4-10-26-17/h4-11,16,32H,1-3H3,(H,29,31)(H,27,28,30)/t16-/m0/s1. The number of nitrogens with one attached hydrogen (secondary N) is 2. The molecular weight excluding hydrogens is 450 g/mol. The van der Waals surface area contributed by atoms with E-state index >= 15 is 0 Å². The lowest BCUT2D eigenvalue weighted by Gasteiger charge is -2.33. The minimum Gasteiger partial charge on any atom is -0.343 e. The number of carbonyl (C=O) groups excluding carboxylic acids is 1. The Bertz CT molecular complexity index is 1180. The van der Waals surface area contributed by atoms with Gasteiger partial charge in [0, 0.05) is 18.5 Å². The molecule has 12 heteroatoms. The molecule has 0 unspecified atom stereocenters. The van der Waals surface area contributed by atoms with Crippen molar-refractivity contribution in [3.63, 3.8) is 0 Å². The van der Waals surface area contributed by atoms with Crippen LogP contribution < -0.4 is 10.9 Å². The molecule has 1 aromatic carbocycles. The number of rotatable bonds is 5. The van der Waals surface area contributed by atoms with Gasteiger partial charge in [-0.05, 0) is 29.2 Å². The van der Waals surface area contributed by atoms with E-state index < -0.39 is 38.5 Å². The number of halogens is 4. The van der Waals surface area contributed by atoms with E-state index in [-0.39, 0.29) is 17.3 Å². The lowest BCUT2D eigenvalue weighted by molar-refractivity contribution is 0.0896. The van der Waals surface area contributed by atoms with Crippen LogP contribution in [0.3, 0.4) is 0 Å². The molecule has 32 heavy (non-hydrogen) atoms. The molecule has 0 saturated heterocycles. The Hall–Kier alpha value is -3.28. The largest absolute Gasteiger partial charge is 0.343 e. The minimum atomic E-state index is -7.88. The Morgan fingerprint density at radius 3 is 2.19 bits per heavy atom. The van der Waals surface area contributed by atoms with Crippen LogP contribution >= 0.6 is 10.7 Å². The van der Waals surface area contributed by atoms with Crippen LogP contribution in [0, 0.1) is 5.41 Å². The van der Waals surface area contributed by atoms with Crippen molar-refractivity contribution in [3.05, 3.63) is 70.4 Å². The van der Waals surface area contributed by atoms with Crippen LogP contribution in [0.2, 0.25) is 0 Å². The molecule has 0 spiro atoms. The fourth-order valence-electron chi connectivity index (χ4n) is 3.00. The molecule has 172 valence electrons. The summed E-state index contributed by atoms with van der Waals surface area (Å²) >= 11 is 0. The molecule has 2 N–H and O–H groups in total. The zero-order valence-electron chi connectivity index (χ0n) is 17.3. The predicted octanol–water partition coefficient (Wildman–Crippen LogP) is 4.71. The van der Waals surface area contributed by atoms with Crippen LogP contribution in [0.25, 0.3) is 11.6 Å². The molecule has 0 radical (unpaired) electrons. The van der Waals surface area contributed by atoms with Crippen molar-refractivity contribution in [2.24, 2.45) is 5.41 Å². The van der Waals surface area contributed by atoms with Crippen molar-refractivity contribution >= 4 is 16.6 Å². The first-order valence-electron chi connectivity index (χ1n) is 9.40. The van der Waals surface area contributed by atoms with Crippen LogP contribution in [0.1, 0.15) is 42.9 Å². The normalized spacial score (nSPS) is 14.3. The Balaban J connectivity index is 1.93. The zero-order chi connectivity index (χ0) is 23.8. The number of hydrogen-bond donors (Lipinski definition) is 3. The lowest BCUT2D eigenvalue weighted by Crippen LogP contribution is -2.37. The van der Waals surface area contributed by atoms with Crippen LogP contribution in [0.5, 0.6) is 0 Å². The third kappa shape index (κ3) is 5.49. The second-order valence-corrected chi connectivity index (χ2v) is 10.1. The predicted molar refractivity (Wildman–Crippen MR) is 114 cm³/mol. The fraction of sp³-hybridized carbons (Fsp3) is 0.250. The third-order valence-electron chi connectivity index (χ3n) is 4.51. The molecule has 0 fully saturated rings. The Morgan fingerprint density at radius 2 is 1.66 bits per heavy atom. The topological polar surface area (TPSA) is 101 Å². The molecule has 7 nitrogen and oxygen atoms in total. The number of thiol groups is 1. The summed E-state index contributed by atoms with van der Waals surface area (Å²) in [6, 6.07) is 5.38. The third-order valence-corrected chi connectivity index (χ3v) is 5.59. The van der Waals surface area contributed by atoms with E-state index in [1.165, 1.54) is 12.4 Å². The van der Waals surface area contributed by atoms with Gasteiger partial charge >= 0.3 is 0 Å². The summed E-state index contributed by atoms with van der Waals surface area (Å²) in [6.45, 7) is 5.32. The first-order chi connectivity index (χ1) is 14.7. The number of aromatic nitrogens is 4. The van der Waals surface area contributed by atoms with Crippen LogP contribution in [-0.4, -0.2) is 25.8 Å². The van der Waals surface area contributed by atoms with Crippen molar-refractivity contribution < 1.29 is 20.3 Å². The SMILES string of the molecule is CC(C)(C)[C@@H](NC(=O)c1cc(=O)[nH]c(-c2ncccn2)n1)c1ccc([SH](F)(F)(F)F)cc1. The Kier molecular flexibility index (Phi) is 5.85. The van der Waals surface area contributed by atoms with Gasteiger partial charge in [-0.3, -0.25) is 9.59 Å². The number of aromatic amines is 1. The van der Waals surface area contributed by atoms with E-state index in [1.54, 1.807) is 26.8 Å². The number of H-pyrrole nitrogens is 1. The van der Waals surface area contributed by atoms with Gasteiger partial charge in [0.15, 0.2) is 22.4 Å². The summed E-state index contributed by atoms with van der Waals surface area (Å²) in [5.41, 5.74) is -1.11. The van der Waals surface area contributed by atoms with Gasteiger partial charge in [-0.1, -0.05) is 32.9 Å². The molecule has 3 aromatic rings.